The van der Waals surface area contributed by atoms with Gasteiger partial charge in [-0.15, -0.1) is 0 Å². The Bertz CT molecular complexity index is 616. The normalized spacial score (nSPS) is 11.7. The van der Waals surface area contributed by atoms with Crippen LogP contribution >= 0.6 is 0 Å². The summed E-state index contributed by atoms with van der Waals surface area (Å²) < 4.78 is 10.1. The van der Waals surface area contributed by atoms with Crippen LogP contribution in [0.25, 0.3) is 0 Å². The fourth-order valence-corrected chi connectivity index (χ4v) is 2.43. The van der Waals surface area contributed by atoms with Gasteiger partial charge in [-0.05, 0) is 23.6 Å². The number of amides is 3. The molecule has 26 heavy (non-hydrogen) atoms. The predicted molar refractivity (Wildman–Crippen MR) is 97.3 cm³/mol. The summed E-state index contributed by atoms with van der Waals surface area (Å²) in [4.78, 5) is 36.4. The van der Waals surface area contributed by atoms with Crippen molar-refractivity contribution in [3.63, 3.8) is 0 Å². The number of ether oxygens (including phenoxy) is 2. The highest BCUT2D eigenvalue weighted by Crippen LogP contribution is 2.13. The number of methoxy groups -OCH3 is 1. The molecule has 0 heterocycles. The van der Waals surface area contributed by atoms with Crippen LogP contribution in [0.2, 0.25) is 0 Å². The number of nitrogens with zero attached hydrogens (tertiary/aromatic N) is 1. The van der Waals surface area contributed by atoms with E-state index >= 15 is 0 Å². The van der Waals surface area contributed by atoms with Gasteiger partial charge >= 0.3 is 6.09 Å². The molecular formula is C18H27N3O5. The van der Waals surface area contributed by atoms with Crippen molar-refractivity contribution >= 4 is 23.6 Å². The van der Waals surface area contributed by atoms with Crippen LogP contribution in [0.4, 0.5) is 10.5 Å². The zero-order valence-corrected chi connectivity index (χ0v) is 15.7. The number of likely N-dealkylation sites (N-methyl/N-ethyl adjacent to an activating group) is 1. The van der Waals surface area contributed by atoms with Gasteiger partial charge < -0.3 is 20.5 Å². The molecule has 8 heteroatoms. The first-order valence-electron chi connectivity index (χ1n) is 8.32. The van der Waals surface area contributed by atoms with Gasteiger partial charge in [0.15, 0.2) is 0 Å². The standard InChI is InChI=1S/C18H27N3O5/c1-12(2)16(17(19)23)21(3)18(24)26-11-13-5-7-14(8-6-13)20-15(22)9-10-25-4/h5-8,12,16H,9-11H2,1-4H3,(H2,19,23)(H,20,22)/t16-/m0/s1. The highest BCUT2D eigenvalue weighted by atomic mass is 16.6. The molecule has 0 saturated heterocycles. The molecule has 0 saturated carbocycles. The van der Waals surface area contributed by atoms with Gasteiger partial charge in [0.2, 0.25) is 11.8 Å². The smallest absolute Gasteiger partial charge is 0.410 e. The van der Waals surface area contributed by atoms with Gasteiger partial charge in [0, 0.05) is 19.8 Å². The van der Waals surface area contributed by atoms with E-state index in [-0.39, 0.29) is 24.9 Å². The van der Waals surface area contributed by atoms with E-state index in [0.717, 1.165) is 5.56 Å². The molecule has 1 aromatic carbocycles. The fraction of sp³-hybridized carbons (Fsp3) is 0.500. The van der Waals surface area contributed by atoms with E-state index < -0.39 is 18.0 Å². The monoisotopic (exact) mass is 365 g/mol. The van der Waals surface area contributed by atoms with Gasteiger partial charge in [0.25, 0.3) is 0 Å². The Morgan fingerprint density at radius 2 is 1.81 bits per heavy atom. The largest absolute Gasteiger partial charge is 0.445 e. The predicted octanol–water partition coefficient (Wildman–Crippen LogP) is 1.74. The molecule has 0 aliphatic carbocycles. The average Bonchev–Trinajstić information content (AvgIpc) is 2.58. The molecule has 0 aromatic heterocycles. The van der Waals surface area contributed by atoms with E-state index in [2.05, 4.69) is 5.32 Å². The molecule has 0 radical (unpaired) electrons. The summed E-state index contributed by atoms with van der Waals surface area (Å²) in [5, 5.41) is 2.74. The molecule has 144 valence electrons. The van der Waals surface area contributed by atoms with Crippen molar-refractivity contribution in [2.24, 2.45) is 11.7 Å². The van der Waals surface area contributed by atoms with E-state index in [4.69, 9.17) is 15.2 Å². The van der Waals surface area contributed by atoms with Crippen LogP contribution in [0, 0.1) is 5.92 Å². The summed E-state index contributed by atoms with van der Waals surface area (Å²) in [7, 11) is 3.02. The molecule has 0 fully saturated rings. The molecule has 0 aliphatic heterocycles. The topological polar surface area (TPSA) is 111 Å². The lowest BCUT2D eigenvalue weighted by Crippen LogP contribution is -2.48. The molecule has 0 bridgehead atoms. The zero-order chi connectivity index (χ0) is 19.7. The Balaban J connectivity index is 2.55. The van der Waals surface area contributed by atoms with Crippen LogP contribution in [0.3, 0.4) is 0 Å². The second kappa shape index (κ2) is 10.4. The minimum absolute atomic E-state index is 0.0463. The lowest BCUT2D eigenvalue weighted by molar-refractivity contribution is -0.123. The molecule has 8 nitrogen and oxygen atoms in total. The second-order valence-corrected chi connectivity index (χ2v) is 6.24. The summed E-state index contributed by atoms with van der Waals surface area (Å²) >= 11 is 0. The van der Waals surface area contributed by atoms with Crippen LogP contribution in [0.5, 0.6) is 0 Å². The molecule has 3 N–H and O–H groups in total. The Kier molecular flexibility index (Phi) is 8.57. The summed E-state index contributed by atoms with van der Waals surface area (Å²) in [5.74, 6) is -0.835. The third-order valence-corrected chi connectivity index (χ3v) is 3.76. The molecule has 1 atom stereocenters. The van der Waals surface area contributed by atoms with Gasteiger partial charge in [0.1, 0.15) is 12.6 Å². The first kappa shape index (κ1) is 21.4. The minimum atomic E-state index is -0.729. The Morgan fingerprint density at radius 1 is 1.19 bits per heavy atom. The number of anilines is 1. The van der Waals surface area contributed by atoms with Crippen LogP contribution in [0.15, 0.2) is 24.3 Å². The lowest BCUT2D eigenvalue weighted by atomic mass is 10.0. The summed E-state index contributed by atoms with van der Waals surface area (Å²) in [6.45, 7) is 4.01. The fourth-order valence-electron chi connectivity index (χ4n) is 2.43. The Hall–Kier alpha value is -2.61. The third kappa shape index (κ3) is 6.72. The van der Waals surface area contributed by atoms with Crippen molar-refractivity contribution in [2.75, 3.05) is 26.1 Å². The Labute approximate surface area is 153 Å². The van der Waals surface area contributed by atoms with Crippen molar-refractivity contribution in [3.8, 4) is 0 Å². The molecule has 1 rings (SSSR count). The number of nitrogens with one attached hydrogen (secondary N) is 1. The number of carbonyl (C=O) groups is 3. The molecular weight excluding hydrogens is 338 g/mol. The molecule has 0 unspecified atom stereocenters. The maximum absolute atomic E-state index is 12.1. The number of hydrogen-bond donors (Lipinski definition) is 2. The number of rotatable bonds is 9. The SMILES string of the molecule is COCCC(=O)Nc1ccc(COC(=O)N(C)[C@H](C(N)=O)C(C)C)cc1. The molecule has 0 spiro atoms. The van der Waals surface area contributed by atoms with Crippen LogP contribution in [-0.4, -0.2) is 49.6 Å². The highest BCUT2D eigenvalue weighted by Gasteiger charge is 2.28. The van der Waals surface area contributed by atoms with Gasteiger partial charge in [-0.25, -0.2) is 4.79 Å². The summed E-state index contributed by atoms with van der Waals surface area (Å²) in [6, 6.07) is 6.20. The van der Waals surface area contributed by atoms with Crippen LogP contribution < -0.4 is 11.1 Å². The van der Waals surface area contributed by atoms with E-state index in [9.17, 15) is 14.4 Å². The number of hydrogen-bond acceptors (Lipinski definition) is 5. The third-order valence-electron chi connectivity index (χ3n) is 3.76. The Morgan fingerprint density at radius 3 is 2.31 bits per heavy atom. The summed E-state index contributed by atoms with van der Waals surface area (Å²) in [5.41, 5.74) is 6.74. The molecule has 0 aliphatic rings. The molecule has 3 amide bonds. The van der Waals surface area contributed by atoms with Crippen LogP contribution in [-0.2, 0) is 25.7 Å². The second-order valence-electron chi connectivity index (χ2n) is 6.24. The number of nitrogens with two attached hydrogens (primary N) is 1. The maximum Gasteiger partial charge on any atom is 0.410 e. The minimum Gasteiger partial charge on any atom is -0.445 e. The zero-order valence-electron chi connectivity index (χ0n) is 15.7. The lowest BCUT2D eigenvalue weighted by Gasteiger charge is -2.27. The van der Waals surface area contributed by atoms with Crippen molar-refractivity contribution in [3.05, 3.63) is 29.8 Å². The van der Waals surface area contributed by atoms with Crippen molar-refractivity contribution in [1.82, 2.24) is 4.90 Å². The average molecular weight is 365 g/mol. The van der Waals surface area contributed by atoms with E-state index in [0.29, 0.717) is 12.3 Å². The number of primary amides is 1. The molecule has 1 aromatic rings. The first-order valence-corrected chi connectivity index (χ1v) is 8.32. The first-order chi connectivity index (χ1) is 12.3. The quantitative estimate of drug-likeness (QED) is 0.692. The van der Waals surface area contributed by atoms with E-state index in [1.54, 1.807) is 38.1 Å². The maximum atomic E-state index is 12.1. The number of benzene rings is 1. The van der Waals surface area contributed by atoms with Gasteiger partial charge in [0.05, 0.1) is 13.0 Å². The highest BCUT2D eigenvalue weighted by molar-refractivity contribution is 5.90. The van der Waals surface area contributed by atoms with Crippen molar-refractivity contribution < 1.29 is 23.9 Å². The van der Waals surface area contributed by atoms with Gasteiger partial charge in [-0.2, -0.15) is 0 Å². The number of carbonyl (C=O) groups excluding carboxylic acids is 3. The van der Waals surface area contributed by atoms with E-state index in [1.807, 2.05) is 0 Å². The van der Waals surface area contributed by atoms with Gasteiger partial charge in [-0.3, -0.25) is 14.5 Å². The van der Waals surface area contributed by atoms with E-state index in [1.165, 1.54) is 19.1 Å². The van der Waals surface area contributed by atoms with Crippen molar-refractivity contribution in [1.29, 1.82) is 0 Å². The summed E-state index contributed by atoms with van der Waals surface area (Å²) in [6.07, 6.45) is -0.349. The van der Waals surface area contributed by atoms with Gasteiger partial charge in [-0.1, -0.05) is 26.0 Å². The van der Waals surface area contributed by atoms with Crippen LogP contribution in [0.1, 0.15) is 25.8 Å². The van der Waals surface area contributed by atoms with Crippen molar-refractivity contribution in [2.45, 2.75) is 32.9 Å².